The molecule has 30 heavy (non-hydrogen) atoms. The first-order chi connectivity index (χ1) is 14.4. The summed E-state index contributed by atoms with van der Waals surface area (Å²) in [5, 5.41) is 3.81. The molecular formula is C23H25N3O3S. The minimum Gasteiger partial charge on any atom is -0.326 e. The van der Waals surface area contributed by atoms with Gasteiger partial charge in [-0.1, -0.05) is 30.3 Å². The van der Waals surface area contributed by atoms with E-state index in [9.17, 15) is 13.2 Å². The summed E-state index contributed by atoms with van der Waals surface area (Å²) in [7, 11) is -3.67. The van der Waals surface area contributed by atoms with E-state index in [1.165, 1.54) is 4.31 Å². The van der Waals surface area contributed by atoms with Crippen molar-refractivity contribution in [2.24, 2.45) is 5.92 Å². The Bertz CT molecular complexity index is 1190. The number of sulfonamides is 1. The first-order valence-corrected chi connectivity index (χ1v) is 11.5. The lowest BCUT2D eigenvalue weighted by Gasteiger charge is -2.30. The van der Waals surface area contributed by atoms with Gasteiger partial charge in [0.25, 0.3) is 0 Å². The van der Waals surface area contributed by atoms with Gasteiger partial charge in [0.2, 0.25) is 15.9 Å². The van der Waals surface area contributed by atoms with Gasteiger partial charge in [-0.15, -0.1) is 0 Å². The highest BCUT2D eigenvalue weighted by Crippen LogP contribution is 2.28. The molecule has 2 heterocycles. The van der Waals surface area contributed by atoms with Gasteiger partial charge in [0, 0.05) is 36.3 Å². The summed E-state index contributed by atoms with van der Waals surface area (Å²) in [6.07, 6.45) is 2.59. The number of piperidine rings is 1. The highest BCUT2D eigenvalue weighted by Gasteiger charge is 2.33. The van der Waals surface area contributed by atoms with Crippen molar-refractivity contribution in [2.45, 2.75) is 31.6 Å². The van der Waals surface area contributed by atoms with E-state index in [0.29, 0.717) is 31.4 Å². The van der Waals surface area contributed by atoms with Gasteiger partial charge in [0.15, 0.2) is 0 Å². The molecule has 1 fully saturated rings. The Morgan fingerprint density at radius 3 is 2.57 bits per heavy atom. The average molecular weight is 424 g/mol. The summed E-state index contributed by atoms with van der Waals surface area (Å²) in [4.78, 5) is 17.2. The number of hydrogen-bond acceptors (Lipinski definition) is 4. The van der Waals surface area contributed by atoms with Gasteiger partial charge in [0.05, 0.1) is 5.52 Å². The zero-order valence-corrected chi connectivity index (χ0v) is 17.9. The Hall–Kier alpha value is -2.77. The molecule has 0 saturated carbocycles. The number of nitrogens with one attached hydrogen (secondary N) is 1. The van der Waals surface area contributed by atoms with Crippen LogP contribution in [-0.4, -0.2) is 36.7 Å². The average Bonchev–Trinajstić information content (AvgIpc) is 2.76. The lowest BCUT2D eigenvalue weighted by Crippen LogP contribution is -2.41. The number of aryl methyl sites for hydroxylation is 2. The third-order valence-corrected chi connectivity index (χ3v) is 7.62. The maximum atomic E-state index is 13.2. The van der Waals surface area contributed by atoms with E-state index in [2.05, 4.69) is 10.3 Å². The van der Waals surface area contributed by atoms with E-state index < -0.39 is 10.0 Å². The number of carbonyl (C=O) groups excluding carboxylic acids is 1. The number of para-hydroxylation sites is 1. The number of carbonyl (C=O) groups is 1. The van der Waals surface area contributed by atoms with Crippen LogP contribution < -0.4 is 5.32 Å². The first kappa shape index (κ1) is 20.5. The van der Waals surface area contributed by atoms with E-state index in [1.807, 2.05) is 44.2 Å². The molecule has 1 aromatic heterocycles. The van der Waals surface area contributed by atoms with Crippen molar-refractivity contribution in [3.05, 3.63) is 65.9 Å². The van der Waals surface area contributed by atoms with Gasteiger partial charge < -0.3 is 5.32 Å². The number of anilines is 1. The Labute approximate surface area is 177 Å². The normalized spacial score (nSPS) is 15.9. The molecule has 156 valence electrons. The van der Waals surface area contributed by atoms with Crippen LogP contribution in [-0.2, 0) is 14.8 Å². The predicted octanol–water partition coefficient (Wildman–Crippen LogP) is 3.89. The van der Waals surface area contributed by atoms with Crippen LogP contribution in [0.3, 0.4) is 0 Å². The number of aromatic nitrogens is 1. The summed E-state index contributed by atoms with van der Waals surface area (Å²) in [5.41, 5.74) is 3.39. The first-order valence-electron chi connectivity index (χ1n) is 10.1. The topological polar surface area (TPSA) is 79.4 Å². The molecular weight excluding hydrogens is 398 g/mol. The third kappa shape index (κ3) is 3.95. The molecule has 1 amide bonds. The van der Waals surface area contributed by atoms with E-state index >= 15 is 0 Å². The molecule has 0 atom stereocenters. The van der Waals surface area contributed by atoms with Crippen LogP contribution in [0.25, 0.3) is 10.9 Å². The second-order valence-electron chi connectivity index (χ2n) is 7.82. The number of nitrogens with zero attached hydrogens (tertiary/aromatic N) is 2. The molecule has 0 aliphatic carbocycles. The fraction of sp³-hybridized carbons (Fsp3) is 0.304. The van der Waals surface area contributed by atoms with Crippen LogP contribution in [0, 0.1) is 19.8 Å². The number of amides is 1. The minimum atomic E-state index is -3.67. The largest absolute Gasteiger partial charge is 0.326 e. The van der Waals surface area contributed by atoms with Crippen molar-refractivity contribution in [3.8, 4) is 0 Å². The zero-order chi connectivity index (χ0) is 21.3. The summed E-state index contributed by atoms with van der Waals surface area (Å²) >= 11 is 0. The van der Waals surface area contributed by atoms with Gasteiger partial charge in [-0.3, -0.25) is 9.78 Å². The smallest absolute Gasteiger partial charge is 0.245 e. The van der Waals surface area contributed by atoms with E-state index in [1.54, 1.807) is 24.4 Å². The van der Waals surface area contributed by atoms with E-state index in [-0.39, 0.29) is 16.7 Å². The van der Waals surface area contributed by atoms with Crippen LogP contribution in [0.1, 0.15) is 24.0 Å². The number of hydrogen-bond donors (Lipinski definition) is 1. The summed E-state index contributed by atoms with van der Waals surface area (Å²) in [6.45, 7) is 4.58. The molecule has 0 unspecified atom stereocenters. The zero-order valence-electron chi connectivity index (χ0n) is 17.1. The highest BCUT2D eigenvalue weighted by atomic mass is 32.2. The second-order valence-corrected chi connectivity index (χ2v) is 9.72. The Balaban J connectivity index is 1.47. The van der Waals surface area contributed by atoms with Crippen molar-refractivity contribution >= 4 is 32.5 Å². The SMILES string of the molecule is Cc1ccc(C)c(NC(=O)C2CCN(S(=O)(=O)c3cccc4cccnc34)CC2)c1. The lowest BCUT2D eigenvalue weighted by molar-refractivity contribution is -0.120. The van der Waals surface area contributed by atoms with E-state index in [0.717, 1.165) is 22.2 Å². The van der Waals surface area contributed by atoms with Crippen LogP contribution in [0.4, 0.5) is 5.69 Å². The fourth-order valence-electron chi connectivity index (χ4n) is 3.89. The molecule has 1 aliphatic rings. The van der Waals surface area contributed by atoms with Crippen LogP contribution in [0.5, 0.6) is 0 Å². The monoisotopic (exact) mass is 423 g/mol. The molecule has 2 aromatic carbocycles. The molecule has 1 saturated heterocycles. The third-order valence-electron chi connectivity index (χ3n) is 5.69. The van der Waals surface area contributed by atoms with Crippen molar-refractivity contribution in [3.63, 3.8) is 0 Å². The summed E-state index contributed by atoms with van der Waals surface area (Å²) in [6, 6.07) is 14.8. The van der Waals surface area contributed by atoms with Gasteiger partial charge in [-0.2, -0.15) is 4.31 Å². The molecule has 0 radical (unpaired) electrons. The van der Waals surface area contributed by atoms with Crippen LogP contribution in [0.2, 0.25) is 0 Å². The predicted molar refractivity (Wildman–Crippen MR) is 118 cm³/mol. The van der Waals surface area contributed by atoms with Crippen LogP contribution >= 0.6 is 0 Å². The molecule has 1 aliphatic heterocycles. The number of rotatable bonds is 4. The van der Waals surface area contributed by atoms with Crippen LogP contribution in [0.15, 0.2) is 59.6 Å². The highest BCUT2D eigenvalue weighted by molar-refractivity contribution is 7.89. The quantitative estimate of drug-likeness (QED) is 0.690. The molecule has 0 bridgehead atoms. The molecule has 1 N–H and O–H groups in total. The molecule has 7 heteroatoms. The molecule has 6 nitrogen and oxygen atoms in total. The Kier molecular flexibility index (Phi) is 5.58. The van der Waals surface area contributed by atoms with Crippen molar-refractivity contribution < 1.29 is 13.2 Å². The second kappa shape index (κ2) is 8.16. The maximum absolute atomic E-state index is 13.2. The van der Waals surface area contributed by atoms with Gasteiger partial charge in [-0.25, -0.2) is 8.42 Å². The van der Waals surface area contributed by atoms with Gasteiger partial charge in [-0.05, 0) is 56.0 Å². The Morgan fingerprint density at radius 2 is 1.80 bits per heavy atom. The standard InChI is InChI=1S/C23H25N3O3S/c1-16-8-9-17(2)20(15-16)25-23(27)19-10-13-26(14-11-19)30(28,29)21-7-3-5-18-6-4-12-24-22(18)21/h3-9,12,15,19H,10-11,13-14H2,1-2H3,(H,25,27). The van der Waals surface area contributed by atoms with Gasteiger partial charge in [0.1, 0.15) is 4.90 Å². The van der Waals surface area contributed by atoms with E-state index in [4.69, 9.17) is 0 Å². The Morgan fingerprint density at radius 1 is 1.07 bits per heavy atom. The summed E-state index contributed by atoms with van der Waals surface area (Å²) in [5.74, 6) is -0.255. The van der Waals surface area contributed by atoms with Crippen molar-refractivity contribution in [1.82, 2.24) is 9.29 Å². The maximum Gasteiger partial charge on any atom is 0.245 e. The number of benzene rings is 2. The molecule has 4 rings (SSSR count). The minimum absolute atomic E-state index is 0.0485. The molecule has 3 aromatic rings. The lowest BCUT2D eigenvalue weighted by atomic mass is 9.97. The number of pyridine rings is 1. The van der Waals surface area contributed by atoms with Crippen molar-refractivity contribution in [2.75, 3.05) is 18.4 Å². The van der Waals surface area contributed by atoms with Crippen molar-refractivity contribution in [1.29, 1.82) is 0 Å². The van der Waals surface area contributed by atoms with Gasteiger partial charge >= 0.3 is 0 Å². The summed E-state index contributed by atoms with van der Waals surface area (Å²) < 4.78 is 27.9. The molecule has 0 spiro atoms. The fourth-order valence-corrected chi connectivity index (χ4v) is 5.52. The number of fused-ring (bicyclic) bond motifs is 1.